The van der Waals surface area contributed by atoms with Crippen molar-refractivity contribution >= 4 is 5.91 Å². The number of alkyl halides is 3. The molecular weight excluding hydrogens is 487 g/mol. The zero-order valence-corrected chi connectivity index (χ0v) is 21.5. The minimum absolute atomic E-state index is 0.0758. The van der Waals surface area contributed by atoms with Gasteiger partial charge in [0.25, 0.3) is 5.92 Å². The number of carbonyl (C=O) groups excluding carboxylic acids is 1. The van der Waals surface area contributed by atoms with E-state index < -0.39 is 29.5 Å². The monoisotopic (exact) mass is 521 g/mol. The molecule has 3 aliphatic rings. The molecule has 202 valence electrons. The number of ether oxygens (including phenoxy) is 1. The highest BCUT2D eigenvalue weighted by Gasteiger charge is 2.50. The molecule has 0 unspecified atom stereocenters. The van der Waals surface area contributed by atoms with Gasteiger partial charge in [0.05, 0.1) is 11.8 Å². The fraction of sp³-hybridized carbons (Fsp3) is 0.731. The summed E-state index contributed by atoms with van der Waals surface area (Å²) in [7, 11) is 0. The van der Waals surface area contributed by atoms with E-state index in [1.54, 1.807) is 17.2 Å². The van der Waals surface area contributed by atoms with Crippen LogP contribution in [0.25, 0.3) is 0 Å². The van der Waals surface area contributed by atoms with Crippen molar-refractivity contribution in [2.45, 2.75) is 101 Å². The van der Waals surface area contributed by atoms with Crippen molar-refractivity contribution in [1.29, 1.82) is 0 Å². The van der Waals surface area contributed by atoms with E-state index in [9.17, 15) is 9.18 Å². The quantitative estimate of drug-likeness (QED) is 0.508. The van der Waals surface area contributed by atoms with Crippen LogP contribution in [0.5, 0.6) is 5.88 Å². The molecule has 0 spiro atoms. The lowest BCUT2D eigenvalue weighted by molar-refractivity contribution is -0.153. The third-order valence-corrected chi connectivity index (χ3v) is 8.05. The summed E-state index contributed by atoms with van der Waals surface area (Å²) < 4.78 is 54.7. The molecule has 0 N–H and O–H groups in total. The van der Waals surface area contributed by atoms with Gasteiger partial charge in [0.1, 0.15) is 18.1 Å². The molecule has 2 aliphatic carbocycles. The van der Waals surface area contributed by atoms with E-state index in [0.29, 0.717) is 62.7 Å². The number of piperidine rings is 1. The van der Waals surface area contributed by atoms with Crippen LogP contribution in [0.1, 0.15) is 95.1 Å². The largest absolute Gasteiger partial charge is 0.474 e. The zero-order valence-electron chi connectivity index (χ0n) is 21.5. The van der Waals surface area contributed by atoms with Gasteiger partial charge in [-0.3, -0.25) is 4.79 Å². The summed E-state index contributed by atoms with van der Waals surface area (Å²) in [5.41, 5.74) is -0.416. The highest BCUT2D eigenvalue weighted by Crippen LogP contribution is 2.45. The van der Waals surface area contributed by atoms with Crippen LogP contribution < -0.4 is 4.74 Å². The predicted octanol–water partition coefficient (Wildman–Crippen LogP) is 4.96. The Morgan fingerprint density at radius 3 is 2.65 bits per heavy atom. The number of carbonyl (C=O) groups is 1. The summed E-state index contributed by atoms with van der Waals surface area (Å²) in [5, 5.41) is 4.07. The summed E-state index contributed by atoms with van der Waals surface area (Å²) in [4.78, 5) is 27.8. The molecular formula is C26H34F3N5O3. The van der Waals surface area contributed by atoms with E-state index in [-0.39, 0.29) is 36.5 Å². The summed E-state index contributed by atoms with van der Waals surface area (Å²) >= 11 is 0. The van der Waals surface area contributed by atoms with Crippen molar-refractivity contribution in [1.82, 2.24) is 25.0 Å². The first kappa shape index (κ1) is 25.9. The molecule has 3 heterocycles. The molecule has 1 aliphatic heterocycles. The summed E-state index contributed by atoms with van der Waals surface area (Å²) in [6.07, 6.45) is 1.60. The lowest BCUT2D eigenvalue weighted by atomic mass is 9.78. The van der Waals surface area contributed by atoms with Crippen molar-refractivity contribution in [3.63, 3.8) is 0 Å². The normalized spacial score (nSPS) is 28.8. The average Bonchev–Trinajstić information content (AvgIpc) is 3.37. The molecule has 1 saturated heterocycles. The summed E-state index contributed by atoms with van der Waals surface area (Å²) in [5.74, 6) is -3.08. The van der Waals surface area contributed by atoms with Gasteiger partial charge >= 0.3 is 0 Å². The van der Waals surface area contributed by atoms with Gasteiger partial charge in [-0.15, -0.1) is 0 Å². The van der Waals surface area contributed by atoms with Crippen LogP contribution in [0.15, 0.2) is 16.8 Å². The number of hydrogen-bond acceptors (Lipinski definition) is 7. The predicted molar refractivity (Wildman–Crippen MR) is 127 cm³/mol. The maximum Gasteiger partial charge on any atom is 0.254 e. The second-order valence-electron chi connectivity index (χ2n) is 11.3. The van der Waals surface area contributed by atoms with Crippen molar-refractivity contribution in [3.05, 3.63) is 29.8 Å². The Balaban J connectivity index is 1.22. The van der Waals surface area contributed by atoms with E-state index in [4.69, 9.17) is 9.26 Å². The van der Waals surface area contributed by atoms with Gasteiger partial charge in [-0.25, -0.2) is 18.2 Å². The van der Waals surface area contributed by atoms with Crippen molar-refractivity contribution in [2.24, 2.45) is 5.92 Å². The Kier molecular flexibility index (Phi) is 6.91. The minimum atomic E-state index is -3.01. The first-order valence-corrected chi connectivity index (χ1v) is 13.2. The standard InChI is InChI=1S/C26H34F3N5O3/c1-15(2)22-30-10-6-20(31-22)36-19-5-4-7-26(28,29)17(19)14-21(35)34-11-8-25(3,9-12-34)24-32-23(37-33-24)16-13-18(16)27/h6,10,15-19H,4-5,7-9,11-14H2,1-3H3/t16-,17-,18+,19+/m1/s1. The highest BCUT2D eigenvalue weighted by molar-refractivity contribution is 5.76. The fourth-order valence-electron chi connectivity index (χ4n) is 5.32. The minimum Gasteiger partial charge on any atom is -0.474 e. The number of amides is 1. The molecule has 3 fully saturated rings. The van der Waals surface area contributed by atoms with Crippen molar-refractivity contribution in [2.75, 3.05) is 13.1 Å². The highest BCUT2D eigenvalue weighted by atomic mass is 19.3. The Bertz CT molecular complexity index is 1120. The first-order chi connectivity index (χ1) is 17.6. The molecule has 2 aromatic heterocycles. The van der Waals surface area contributed by atoms with Gasteiger partial charge in [-0.05, 0) is 32.1 Å². The average molecular weight is 522 g/mol. The smallest absolute Gasteiger partial charge is 0.254 e. The molecule has 2 saturated carbocycles. The molecule has 5 rings (SSSR count). The van der Waals surface area contributed by atoms with Crippen LogP contribution in [0.4, 0.5) is 13.2 Å². The van der Waals surface area contributed by atoms with Crippen LogP contribution >= 0.6 is 0 Å². The fourth-order valence-corrected chi connectivity index (χ4v) is 5.32. The Morgan fingerprint density at radius 2 is 1.97 bits per heavy atom. The molecule has 1 amide bonds. The Morgan fingerprint density at radius 1 is 1.24 bits per heavy atom. The van der Waals surface area contributed by atoms with Gasteiger partial charge in [-0.2, -0.15) is 9.97 Å². The molecule has 0 radical (unpaired) electrons. The van der Waals surface area contributed by atoms with E-state index in [2.05, 4.69) is 20.1 Å². The number of nitrogens with zero attached hydrogens (tertiary/aromatic N) is 5. The van der Waals surface area contributed by atoms with Gasteiger partial charge in [0.2, 0.25) is 17.7 Å². The summed E-state index contributed by atoms with van der Waals surface area (Å²) in [6, 6.07) is 1.57. The number of rotatable bonds is 7. The maximum atomic E-state index is 15.1. The van der Waals surface area contributed by atoms with Gasteiger partial charge in [-0.1, -0.05) is 25.9 Å². The number of likely N-dealkylation sites (tertiary alicyclic amines) is 1. The van der Waals surface area contributed by atoms with E-state index in [1.807, 2.05) is 20.8 Å². The third kappa shape index (κ3) is 5.45. The maximum absolute atomic E-state index is 15.1. The second-order valence-corrected chi connectivity index (χ2v) is 11.3. The van der Waals surface area contributed by atoms with Gasteiger partial charge < -0.3 is 14.2 Å². The van der Waals surface area contributed by atoms with Crippen LogP contribution in [-0.2, 0) is 10.2 Å². The number of halogens is 3. The molecule has 37 heavy (non-hydrogen) atoms. The first-order valence-electron chi connectivity index (χ1n) is 13.2. The van der Waals surface area contributed by atoms with E-state index in [1.165, 1.54) is 0 Å². The van der Waals surface area contributed by atoms with Crippen LogP contribution in [0.3, 0.4) is 0 Å². The summed E-state index contributed by atoms with van der Waals surface area (Å²) in [6.45, 7) is 6.70. The topological polar surface area (TPSA) is 94.2 Å². The molecule has 0 aromatic carbocycles. The van der Waals surface area contributed by atoms with Crippen molar-refractivity contribution in [3.8, 4) is 5.88 Å². The van der Waals surface area contributed by atoms with Crippen LogP contribution in [-0.4, -0.2) is 62.2 Å². The third-order valence-electron chi connectivity index (χ3n) is 8.05. The molecule has 11 heteroatoms. The molecule has 4 atom stereocenters. The molecule has 8 nitrogen and oxygen atoms in total. The van der Waals surface area contributed by atoms with E-state index in [0.717, 1.165) is 0 Å². The SMILES string of the molecule is CC(C)c1nccc(O[C@H]2CCCC(F)(F)[C@@H]2CC(=O)N2CCC(C)(c3noc([C@@H]4C[C@@H]4F)n3)CC2)n1. The van der Waals surface area contributed by atoms with Crippen LogP contribution in [0, 0.1) is 5.92 Å². The molecule has 0 bridgehead atoms. The van der Waals surface area contributed by atoms with Crippen molar-refractivity contribution < 1.29 is 27.2 Å². The Labute approximate surface area is 214 Å². The van der Waals surface area contributed by atoms with Crippen LogP contribution in [0.2, 0.25) is 0 Å². The number of hydrogen-bond donors (Lipinski definition) is 0. The molecule has 2 aromatic rings. The van der Waals surface area contributed by atoms with Gasteiger partial charge in [0.15, 0.2) is 5.82 Å². The Hall–Kier alpha value is -2.72. The zero-order chi connectivity index (χ0) is 26.4. The second kappa shape index (κ2) is 9.87. The van der Waals surface area contributed by atoms with E-state index >= 15 is 8.78 Å². The van der Waals surface area contributed by atoms with Gasteiger partial charge in [0, 0.05) is 49.5 Å². The lowest BCUT2D eigenvalue weighted by Gasteiger charge is -2.40. The lowest BCUT2D eigenvalue weighted by Crippen LogP contribution is -2.49. The number of aromatic nitrogens is 4.